The monoisotopic (exact) mass is 352 g/mol. The number of para-hydroxylation sites is 2. The molecule has 0 heterocycles. The Morgan fingerprint density at radius 2 is 1.68 bits per heavy atom. The molecule has 25 heavy (non-hydrogen) atoms. The third-order valence-electron chi connectivity index (χ3n) is 3.19. The Labute approximate surface area is 149 Å². The zero-order valence-electron chi connectivity index (χ0n) is 15.8. The maximum atomic E-state index is 11.9. The van der Waals surface area contributed by atoms with E-state index in [4.69, 9.17) is 9.47 Å². The van der Waals surface area contributed by atoms with E-state index in [2.05, 4.69) is 10.6 Å². The van der Waals surface area contributed by atoms with E-state index in [1.807, 2.05) is 52.1 Å². The van der Waals surface area contributed by atoms with E-state index in [0.29, 0.717) is 24.7 Å². The molecular weight excluding hydrogens is 322 g/mol. The molecule has 1 atom stereocenters. The summed E-state index contributed by atoms with van der Waals surface area (Å²) in [7, 11) is 3.39. The smallest absolute Gasteiger partial charge is 0.275 e. The quantitative estimate of drug-likeness (QED) is 0.529. The van der Waals surface area contributed by atoms with Crippen LogP contribution in [0.15, 0.2) is 24.3 Å². The van der Waals surface area contributed by atoms with Crippen molar-refractivity contribution < 1.29 is 24.0 Å². The molecule has 0 saturated carbocycles. The van der Waals surface area contributed by atoms with Crippen LogP contribution in [0, 0.1) is 0 Å². The highest BCUT2D eigenvalue weighted by atomic mass is 16.5. The molecule has 0 radical (unpaired) electrons. The van der Waals surface area contributed by atoms with Crippen LogP contribution in [0.4, 0.5) is 0 Å². The first-order valence-corrected chi connectivity index (χ1v) is 8.36. The number of nitrogens with one attached hydrogen (secondary N) is 3. The van der Waals surface area contributed by atoms with Crippen molar-refractivity contribution in [3.63, 3.8) is 0 Å². The van der Waals surface area contributed by atoms with Crippen molar-refractivity contribution in [3.05, 3.63) is 24.3 Å². The van der Waals surface area contributed by atoms with Gasteiger partial charge in [-0.05, 0) is 32.9 Å². The predicted molar refractivity (Wildman–Crippen MR) is 96.0 cm³/mol. The van der Waals surface area contributed by atoms with E-state index in [0.717, 1.165) is 4.90 Å². The molecule has 140 valence electrons. The molecule has 0 spiro atoms. The van der Waals surface area contributed by atoms with Gasteiger partial charge in [0.15, 0.2) is 24.6 Å². The first-order valence-electron chi connectivity index (χ1n) is 8.36. The van der Waals surface area contributed by atoms with Crippen LogP contribution in [0.1, 0.15) is 20.8 Å². The fourth-order valence-corrected chi connectivity index (χ4v) is 2.23. The molecule has 1 unspecified atom stereocenters. The molecule has 2 amide bonds. The third kappa shape index (κ3) is 8.95. The van der Waals surface area contributed by atoms with Crippen LogP contribution in [0.5, 0.6) is 11.5 Å². The highest BCUT2D eigenvalue weighted by molar-refractivity contribution is 5.79. The van der Waals surface area contributed by atoms with E-state index in [9.17, 15) is 9.59 Å². The minimum absolute atomic E-state index is 0.0719. The van der Waals surface area contributed by atoms with Gasteiger partial charge in [0, 0.05) is 5.54 Å². The summed E-state index contributed by atoms with van der Waals surface area (Å²) in [6.07, 6.45) is 0. The molecule has 0 aliphatic heterocycles. The van der Waals surface area contributed by atoms with E-state index in [-0.39, 0.29) is 30.4 Å². The number of rotatable bonds is 9. The lowest BCUT2D eigenvalue weighted by Crippen LogP contribution is -3.11. The fourth-order valence-electron chi connectivity index (χ4n) is 2.23. The van der Waals surface area contributed by atoms with Gasteiger partial charge in [-0.3, -0.25) is 9.59 Å². The summed E-state index contributed by atoms with van der Waals surface area (Å²) in [6, 6.07) is 7.35. The summed E-state index contributed by atoms with van der Waals surface area (Å²) in [5, 5.41) is 5.67. The highest BCUT2D eigenvalue weighted by Gasteiger charge is 2.18. The molecular formula is C18H30N3O4+. The van der Waals surface area contributed by atoms with Gasteiger partial charge >= 0.3 is 0 Å². The number of carbonyl (C=O) groups is 2. The maximum absolute atomic E-state index is 11.9. The molecule has 0 aliphatic carbocycles. The molecule has 0 saturated heterocycles. The summed E-state index contributed by atoms with van der Waals surface area (Å²) < 4.78 is 10.8. The topological polar surface area (TPSA) is 81.1 Å². The van der Waals surface area contributed by atoms with Gasteiger partial charge in [-0.1, -0.05) is 12.1 Å². The number of likely N-dealkylation sites (N-methyl/N-ethyl adjacent to an activating group) is 1. The van der Waals surface area contributed by atoms with Gasteiger partial charge < -0.3 is 25.0 Å². The molecule has 1 aromatic carbocycles. The molecule has 1 rings (SSSR count). The van der Waals surface area contributed by atoms with Crippen LogP contribution in [-0.4, -0.2) is 57.8 Å². The Kier molecular flexibility index (Phi) is 8.21. The lowest BCUT2D eigenvalue weighted by Gasteiger charge is -2.21. The zero-order valence-corrected chi connectivity index (χ0v) is 15.8. The van der Waals surface area contributed by atoms with Gasteiger partial charge in [-0.15, -0.1) is 0 Å². The summed E-state index contributed by atoms with van der Waals surface area (Å²) in [5.41, 5.74) is -0.268. The lowest BCUT2D eigenvalue weighted by molar-refractivity contribution is -0.862. The normalized spacial score (nSPS) is 12.2. The second kappa shape index (κ2) is 9.88. The van der Waals surface area contributed by atoms with E-state index < -0.39 is 0 Å². The molecule has 0 fully saturated rings. The average molecular weight is 352 g/mol. The van der Waals surface area contributed by atoms with Crippen LogP contribution < -0.4 is 25.0 Å². The molecule has 0 aliphatic rings. The SMILES string of the molecule is COc1ccccc1OCCNC(=O)C[NH+](C)CC(=O)NC(C)(C)C. The third-order valence-corrected chi connectivity index (χ3v) is 3.19. The Bertz CT molecular complexity index is 570. The molecule has 1 aromatic rings. The van der Waals surface area contributed by atoms with Crippen molar-refractivity contribution in [1.82, 2.24) is 10.6 Å². The average Bonchev–Trinajstić information content (AvgIpc) is 2.49. The second-order valence-electron chi connectivity index (χ2n) is 6.96. The first kappa shape index (κ1) is 20.8. The summed E-state index contributed by atoms with van der Waals surface area (Å²) in [5.74, 6) is 1.10. The van der Waals surface area contributed by atoms with Crippen molar-refractivity contribution in [3.8, 4) is 11.5 Å². The zero-order chi connectivity index (χ0) is 18.9. The van der Waals surface area contributed by atoms with Crippen LogP contribution >= 0.6 is 0 Å². The molecule has 0 bridgehead atoms. The van der Waals surface area contributed by atoms with E-state index in [1.54, 1.807) is 7.11 Å². The Morgan fingerprint density at radius 1 is 1.08 bits per heavy atom. The van der Waals surface area contributed by atoms with Gasteiger partial charge in [0.25, 0.3) is 11.8 Å². The van der Waals surface area contributed by atoms with Crippen molar-refractivity contribution in [2.75, 3.05) is 40.4 Å². The number of hydrogen-bond acceptors (Lipinski definition) is 4. The van der Waals surface area contributed by atoms with Gasteiger partial charge in [0.05, 0.1) is 20.7 Å². The number of methoxy groups -OCH3 is 1. The Balaban J connectivity index is 2.25. The summed E-state index contributed by atoms with van der Waals surface area (Å²) >= 11 is 0. The van der Waals surface area contributed by atoms with Gasteiger partial charge in [0.1, 0.15) is 6.61 Å². The standard InChI is InChI=1S/C18H29N3O4/c1-18(2,3)20-17(23)13-21(4)12-16(22)19-10-11-25-15-9-7-6-8-14(15)24-5/h6-9H,10-13H2,1-5H3,(H,19,22)(H,20,23)/p+1. The number of quaternary nitrogens is 1. The number of ether oxygens (including phenoxy) is 2. The summed E-state index contributed by atoms with van der Waals surface area (Å²) in [4.78, 5) is 24.6. The van der Waals surface area contributed by atoms with Crippen molar-refractivity contribution >= 4 is 11.8 Å². The molecule has 7 nitrogen and oxygen atoms in total. The molecule has 3 N–H and O–H groups in total. The lowest BCUT2D eigenvalue weighted by atomic mass is 10.1. The Hall–Kier alpha value is -2.28. The minimum Gasteiger partial charge on any atom is -0.493 e. The first-order chi connectivity index (χ1) is 11.7. The van der Waals surface area contributed by atoms with Gasteiger partial charge in [-0.25, -0.2) is 0 Å². The van der Waals surface area contributed by atoms with Gasteiger partial charge in [0.2, 0.25) is 0 Å². The highest BCUT2D eigenvalue weighted by Crippen LogP contribution is 2.25. The van der Waals surface area contributed by atoms with Crippen molar-refractivity contribution in [2.45, 2.75) is 26.3 Å². The van der Waals surface area contributed by atoms with Crippen LogP contribution in [0.2, 0.25) is 0 Å². The van der Waals surface area contributed by atoms with Crippen molar-refractivity contribution in [2.24, 2.45) is 0 Å². The summed E-state index contributed by atoms with van der Waals surface area (Å²) in [6.45, 7) is 6.99. The van der Waals surface area contributed by atoms with E-state index in [1.165, 1.54) is 0 Å². The number of amides is 2. The fraction of sp³-hybridized carbons (Fsp3) is 0.556. The molecule has 7 heteroatoms. The van der Waals surface area contributed by atoms with Crippen molar-refractivity contribution in [1.29, 1.82) is 0 Å². The minimum atomic E-state index is -0.268. The maximum Gasteiger partial charge on any atom is 0.275 e. The number of benzene rings is 1. The van der Waals surface area contributed by atoms with Crippen LogP contribution in [0.25, 0.3) is 0 Å². The van der Waals surface area contributed by atoms with E-state index >= 15 is 0 Å². The number of carbonyl (C=O) groups excluding carboxylic acids is 2. The van der Waals surface area contributed by atoms with Crippen LogP contribution in [-0.2, 0) is 9.59 Å². The Morgan fingerprint density at radius 3 is 2.28 bits per heavy atom. The molecule has 0 aromatic heterocycles. The van der Waals surface area contributed by atoms with Crippen LogP contribution in [0.3, 0.4) is 0 Å². The largest absolute Gasteiger partial charge is 0.493 e. The predicted octanol–water partition coefficient (Wildman–Crippen LogP) is -0.380. The van der Waals surface area contributed by atoms with Gasteiger partial charge in [-0.2, -0.15) is 0 Å². The number of hydrogen-bond donors (Lipinski definition) is 3. The second-order valence-corrected chi connectivity index (χ2v) is 6.96.